The summed E-state index contributed by atoms with van der Waals surface area (Å²) < 4.78 is 1.45. The molecule has 0 radical (unpaired) electrons. The number of hydrogen-bond acceptors (Lipinski definition) is 4. The largest absolute Gasteiger partial charge is 0.394 e. The van der Waals surface area contributed by atoms with Crippen LogP contribution in [0.25, 0.3) is 16.8 Å². The number of nitrogens with zero attached hydrogens (tertiary/aromatic N) is 2. The Kier molecular flexibility index (Phi) is 4.91. The van der Waals surface area contributed by atoms with E-state index in [1.165, 1.54) is 4.52 Å². The fraction of sp³-hybridized carbons (Fsp3) is 0.316. The molecule has 4 rings (SSSR count). The second kappa shape index (κ2) is 7.24. The Morgan fingerprint density at radius 1 is 1.39 bits per heavy atom. The molecule has 3 N–H and O–H groups in total. The van der Waals surface area contributed by atoms with Gasteiger partial charge in [-0.25, -0.2) is 4.52 Å². The highest BCUT2D eigenvalue weighted by atomic mass is 35.5. The molecule has 0 aliphatic heterocycles. The molecule has 1 saturated carbocycles. The predicted molar refractivity (Wildman–Crippen MR) is 107 cm³/mol. The molecule has 2 heterocycles. The summed E-state index contributed by atoms with van der Waals surface area (Å²) in [5.74, 6) is -0.262. The summed E-state index contributed by atoms with van der Waals surface area (Å²) in [5, 5.41) is 17.1. The summed E-state index contributed by atoms with van der Waals surface area (Å²) in [6.07, 6.45) is 3.48. The number of aromatic amines is 1. The zero-order valence-corrected chi connectivity index (χ0v) is 16.5. The van der Waals surface area contributed by atoms with Gasteiger partial charge in [0.15, 0.2) is 5.69 Å². The molecular weight excluding hydrogens is 403 g/mol. The third-order valence-corrected chi connectivity index (χ3v) is 5.48. The molecule has 1 aromatic carbocycles. The number of aliphatic hydroxyl groups is 1. The lowest BCUT2D eigenvalue weighted by Gasteiger charge is -2.09. The van der Waals surface area contributed by atoms with Crippen LogP contribution < -0.4 is 10.9 Å². The van der Waals surface area contributed by atoms with Crippen molar-refractivity contribution in [2.75, 3.05) is 6.61 Å². The number of hydrogen-bond donors (Lipinski definition) is 3. The van der Waals surface area contributed by atoms with E-state index >= 15 is 0 Å². The lowest BCUT2D eigenvalue weighted by molar-refractivity contribution is 0.0916. The van der Waals surface area contributed by atoms with Gasteiger partial charge in [-0.15, -0.1) is 0 Å². The maximum absolute atomic E-state index is 12.8. The number of carbonyl (C=O) groups excluding carboxylic acids is 1. The molecule has 3 aromatic rings. The summed E-state index contributed by atoms with van der Waals surface area (Å²) in [6.45, 7) is 1.51. The number of aromatic nitrogens is 3. The smallest absolute Gasteiger partial charge is 0.274 e. The van der Waals surface area contributed by atoms with Crippen LogP contribution in [0.15, 0.2) is 29.2 Å². The number of carbonyl (C=O) groups is 1. The van der Waals surface area contributed by atoms with Gasteiger partial charge >= 0.3 is 0 Å². The van der Waals surface area contributed by atoms with Gasteiger partial charge in [-0.2, -0.15) is 5.10 Å². The van der Waals surface area contributed by atoms with E-state index in [9.17, 15) is 14.7 Å². The Bertz CT molecular complexity index is 1130. The molecule has 0 saturated heterocycles. The summed E-state index contributed by atoms with van der Waals surface area (Å²) in [7, 11) is 0. The topological polar surface area (TPSA) is 99.5 Å². The van der Waals surface area contributed by atoms with Crippen LogP contribution >= 0.6 is 23.2 Å². The highest BCUT2D eigenvalue weighted by Gasteiger charge is 2.34. The van der Waals surface area contributed by atoms with Gasteiger partial charge in [0.2, 0.25) is 0 Å². The number of nitrogens with one attached hydrogen (secondary N) is 2. The zero-order chi connectivity index (χ0) is 20.0. The predicted octanol–water partition coefficient (Wildman–Crippen LogP) is 2.98. The number of aliphatic hydroxyl groups excluding tert-OH is 1. The quantitative estimate of drug-likeness (QED) is 0.590. The van der Waals surface area contributed by atoms with Crippen LogP contribution in [0.4, 0.5) is 0 Å². The Hall–Kier alpha value is -2.35. The van der Waals surface area contributed by atoms with Crippen molar-refractivity contribution in [2.45, 2.75) is 31.7 Å². The molecule has 1 aliphatic rings. The van der Waals surface area contributed by atoms with Crippen molar-refractivity contribution >= 4 is 34.6 Å². The number of fused-ring (bicyclic) bond motifs is 1. The highest BCUT2D eigenvalue weighted by molar-refractivity contribution is 6.42. The fourth-order valence-corrected chi connectivity index (χ4v) is 3.48. The van der Waals surface area contributed by atoms with Crippen LogP contribution in [-0.2, 0) is 0 Å². The fourth-order valence-electron chi connectivity index (χ4n) is 3.18. The summed E-state index contributed by atoms with van der Waals surface area (Å²) in [4.78, 5) is 28.3. The van der Waals surface area contributed by atoms with E-state index in [4.69, 9.17) is 23.2 Å². The molecule has 1 amide bonds. The minimum atomic E-state index is -0.408. The SMILES string of the molecule is C[C@@H](CO)NC(=O)c1nn2cc(-c3ccc(Cl)c(Cl)c3)[nH]c(=O)c2c1C1CC1. The number of H-pyrrole nitrogens is 1. The lowest BCUT2D eigenvalue weighted by atomic mass is 10.1. The Morgan fingerprint density at radius 3 is 2.79 bits per heavy atom. The first-order chi connectivity index (χ1) is 13.4. The second-order valence-corrected chi connectivity index (χ2v) is 7.83. The van der Waals surface area contributed by atoms with Gasteiger partial charge in [0.25, 0.3) is 11.5 Å². The highest BCUT2D eigenvalue weighted by Crippen LogP contribution is 2.43. The molecule has 0 bridgehead atoms. The van der Waals surface area contributed by atoms with Crippen molar-refractivity contribution in [2.24, 2.45) is 0 Å². The first-order valence-corrected chi connectivity index (χ1v) is 9.67. The average molecular weight is 421 g/mol. The second-order valence-electron chi connectivity index (χ2n) is 7.01. The summed E-state index contributed by atoms with van der Waals surface area (Å²) >= 11 is 12.0. The van der Waals surface area contributed by atoms with Crippen molar-refractivity contribution < 1.29 is 9.90 Å². The number of rotatable bonds is 5. The molecule has 146 valence electrons. The van der Waals surface area contributed by atoms with Crippen LogP contribution in [0.5, 0.6) is 0 Å². The zero-order valence-electron chi connectivity index (χ0n) is 15.0. The van der Waals surface area contributed by atoms with E-state index in [1.54, 1.807) is 31.3 Å². The Morgan fingerprint density at radius 2 is 2.14 bits per heavy atom. The summed E-state index contributed by atoms with van der Waals surface area (Å²) in [5.41, 5.74) is 2.11. The van der Waals surface area contributed by atoms with Crippen LogP contribution in [0.3, 0.4) is 0 Å². The van der Waals surface area contributed by atoms with E-state index in [-0.39, 0.29) is 23.8 Å². The first kappa shape index (κ1) is 19.0. The van der Waals surface area contributed by atoms with Gasteiger partial charge in [-0.1, -0.05) is 29.3 Å². The number of benzene rings is 1. The molecule has 28 heavy (non-hydrogen) atoms. The van der Waals surface area contributed by atoms with Crippen LogP contribution in [-0.4, -0.2) is 38.3 Å². The van der Waals surface area contributed by atoms with Gasteiger partial charge in [0, 0.05) is 17.2 Å². The average Bonchev–Trinajstić information content (AvgIpc) is 3.43. The number of halogens is 2. The normalized spacial score (nSPS) is 15.0. The minimum Gasteiger partial charge on any atom is -0.394 e. The first-order valence-electron chi connectivity index (χ1n) is 8.91. The maximum Gasteiger partial charge on any atom is 0.274 e. The van der Waals surface area contributed by atoms with E-state index in [0.717, 1.165) is 12.8 Å². The molecule has 1 atom stereocenters. The van der Waals surface area contributed by atoms with Crippen LogP contribution in [0, 0.1) is 0 Å². The molecule has 0 unspecified atom stereocenters. The van der Waals surface area contributed by atoms with E-state index in [0.29, 0.717) is 32.4 Å². The molecule has 0 spiro atoms. The van der Waals surface area contributed by atoms with Gasteiger partial charge < -0.3 is 15.4 Å². The van der Waals surface area contributed by atoms with Gasteiger partial charge in [0.1, 0.15) is 5.52 Å². The van der Waals surface area contributed by atoms with Crippen LogP contribution in [0.2, 0.25) is 10.0 Å². The van der Waals surface area contributed by atoms with Gasteiger partial charge in [-0.05, 0) is 37.8 Å². The van der Waals surface area contributed by atoms with Crippen molar-refractivity contribution in [1.82, 2.24) is 19.9 Å². The van der Waals surface area contributed by atoms with Gasteiger partial charge in [0.05, 0.1) is 28.5 Å². The van der Waals surface area contributed by atoms with Crippen molar-refractivity contribution in [3.8, 4) is 11.3 Å². The lowest BCUT2D eigenvalue weighted by Crippen LogP contribution is -2.35. The standard InChI is InChI=1S/C19H18Cl2N4O3/c1-9(8-26)22-18(27)16-15(10-2-3-10)17-19(28)23-14(7-25(17)24-16)11-4-5-12(20)13(21)6-11/h4-7,9-10,26H,2-3,8H2,1H3,(H,22,27)(H,23,28)/t9-/m0/s1. The number of amides is 1. The Balaban J connectivity index is 1.85. The molecule has 1 fully saturated rings. The van der Waals surface area contributed by atoms with Crippen molar-refractivity contribution in [3.05, 3.63) is 56.1 Å². The maximum atomic E-state index is 12.8. The third-order valence-electron chi connectivity index (χ3n) is 4.74. The van der Waals surface area contributed by atoms with Crippen molar-refractivity contribution in [1.29, 1.82) is 0 Å². The molecule has 2 aromatic heterocycles. The molecule has 7 nitrogen and oxygen atoms in total. The minimum absolute atomic E-state index is 0.139. The van der Waals surface area contributed by atoms with E-state index in [2.05, 4.69) is 15.4 Å². The monoisotopic (exact) mass is 420 g/mol. The Labute approximate surface area is 170 Å². The molecule has 1 aliphatic carbocycles. The molecule has 9 heteroatoms. The van der Waals surface area contributed by atoms with E-state index in [1.807, 2.05) is 0 Å². The summed E-state index contributed by atoms with van der Waals surface area (Å²) in [6, 6.07) is 4.64. The third kappa shape index (κ3) is 3.41. The van der Waals surface area contributed by atoms with E-state index < -0.39 is 11.9 Å². The molecular formula is C19H18Cl2N4O3. The van der Waals surface area contributed by atoms with Crippen molar-refractivity contribution in [3.63, 3.8) is 0 Å². The van der Waals surface area contributed by atoms with Crippen LogP contribution in [0.1, 0.15) is 41.7 Å². The van der Waals surface area contributed by atoms with Gasteiger partial charge in [-0.3, -0.25) is 9.59 Å².